The minimum absolute atomic E-state index is 0.127. The molecule has 0 fully saturated rings. The van der Waals surface area contributed by atoms with Crippen LogP contribution in [0.3, 0.4) is 0 Å². The molecule has 7 heteroatoms. The predicted octanol–water partition coefficient (Wildman–Crippen LogP) is 2.42. The molecular formula is C12H7F3N4. The van der Waals surface area contributed by atoms with Crippen molar-refractivity contribution in [2.24, 2.45) is 0 Å². The van der Waals surface area contributed by atoms with Crippen LogP contribution in [0.15, 0.2) is 30.5 Å². The molecule has 3 rings (SSSR count). The number of hydrogen-bond donors (Lipinski definition) is 1. The third-order valence-electron chi connectivity index (χ3n) is 2.65. The SMILES string of the molecule is Nc1nc2cccnc2n1-c1c(F)cc(F)cc1F. The van der Waals surface area contributed by atoms with Crippen molar-refractivity contribution in [1.82, 2.24) is 14.5 Å². The minimum Gasteiger partial charge on any atom is -0.369 e. The van der Waals surface area contributed by atoms with Crippen LogP contribution in [0.2, 0.25) is 0 Å². The van der Waals surface area contributed by atoms with Gasteiger partial charge in [-0.2, -0.15) is 0 Å². The number of rotatable bonds is 1. The lowest BCUT2D eigenvalue weighted by atomic mass is 10.2. The zero-order valence-electron chi connectivity index (χ0n) is 9.44. The van der Waals surface area contributed by atoms with Gasteiger partial charge in [0.25, 0.3) is 0 Å². The van der Waals surface area contributed by atoms with E-state index in [9.17, 15) is 13.2 Å². The van der Waals surface area contributed by atoms with Gasteiger partial charge in [0.15, 0.2) is 17.3 Å². The highest BCUT2D eigenvalue weighted by Crippen LogP contribution is 2.26. The predicted molar refractivity (Wildman–Crippen MR) is 63.2 cm³/mol. The van der Waals surface area contributed by atoms with Crippen molar-refractivity contribution in [2.75, 3.05) is 5.73 Å². The maximum absolute atomic E-state index is 13.8. The summed E-state index contributed by atoms with van der Waals surface area (Å²) in [5, 5.41) is 0. The Morgan fingerprint density at radius 2 is 1.79 bits per heavy atom. The van der Waals surface area contributed by atoms with E-state index in [0.717, 1.165) is 4.57 Å². The van der Waals surface area contributed by atoms with E-state index in [1.54, 1.807) is 12.1 Å². The maximum Gasteiger partial charge on any atom is 0.207 e. The summed E-state index contributed by atoms with van der Waals surface area (Å²) < 4.78 is 41.5. The molecule has 0 amide bonds. The third kappa shape index (κ3) is 1.70. The molecule has 0 aliphatic rings. The molecule has 0 atom stereocenters. The van der Waals surface area contributed by atoms with Gasteiger partial charge in [-0.25, -0.2) is 23.1 Å². The maximum atomic E-state index is 13.8. The smallest absolute Gasteiger partial charge is 0.207 e. The number of hydrogen-bond acceptors (Lipinski definition) is 3. The lowest BCUT2D eigenvalue weighted by Gasteiger charge is -2.08. The average Bonchev–Trinajstić information content (AvgIpc) is 2.65. The Kier molecular flexibility index (Phi) is 2.41. The number of nitrogens with zero attached hydrogens (tertiary/aromatic N) is 3. The number of nitrogens with two attached hydrogens (primary N) is 1. The Bertz CT molecular complexity index is 759. The van der Waals surface area contributed by atoms with E-state index >= 15 is 0 Å². The quantitative estimate of drug-likeness (QED) is 0.734. The second-order valence-electron chi connectivity index (χ2n) is 3.87. The van der Waals surface area contributed by atoms with Gasteiger partial charge in [0.2, 0.25) is 5.95 Å². The van der Waals surface area contributed by atoms with E-state index in [1.165, 1.54) is 6.20 Å². The van der Waals surface area contributed by atoms with Gasteiger partial charge in [0, 0.05) is 18.3 Å². The van der Waals surface area contributed by atoms with Crippen molar-refractivity contribution in [3.8, 4) is 5.69 Å². The number of halogens is 3. The molecule has 96 valence electrons. The first-order chi connectivity index (χ1) is 9.08. The lowest BCUT2D eigenvalue weighted by Crippen LogP contribution is -2.07. The molecule has 0 unspecified atom stereocenters. The highest BCUT2D eigenvalue weighted by molar-refractivity contribution is 5.76. The number of nitrogen functional groups attached to an aromatic ring is 1. The Balaban J connectivity index is 2.40. The molecule has 2 N–H and O–H groups in total. The normalized spacial score (nSPS) is 11.1. The molecule has 0 aliphatic carbocycles. The molecule has 4 nitrogen and oxygen atoms in total. The molecule has 0 saturated heterocycles. The van der Waals surface area contributed by atoms with Crippen LogP contribution < -0.4 is 5.73 Å². The standard InChI is InChI=1S/C12H7F3N4/c13-6-4-7(14)10(8(15)5-6)19-11-9(18-12(19)16)2-1-3-17-11/h1-5H,(H2,16,18). The van der Waals surface area contributed by atoms with Crippen LogP contribution in [0.4, 0.5) is 19.1 Å². The molecule has 3 aromatic rings. The van der Waals surface area contributed by atoms with Crippen molar-refractivity contribution in [1.29, 1.82) is 0 Å². The van der Waals surface area contributed by atoms with Crippen molar-refractivity contribution in [3.63, 3.8) is 0 Å². The van der Waals surface area contributed by atoms with E-state index in [1.807, 2.05) is 0 Å². The van der Waals surface area contributed by atoms with E-state index < -0.39 is 23.1 Å². The first-order valence-corrected chi connectivity index (χ1v) is 5.32. The van der Waals surface area contributed by atoms with Crippen LogP contribution in [0.25, 0.3) is 16.9 Å². The van der Waals surface area contributed by atoms with E-state index in [0.29, 0.717) is 17.6 Å². The van der Waals surface area contributed by atoms with Crippen LogP contribution in [0, 0.1) is 17.5 Å². The fourth-order valence-electron chi connectivity index (χ4n) is 1.90. The van der Waals surface area contributed by atoms with E-state index in [-0.39, 0.29) is 11.6 Å². The lowest BCUT2D eigenvalue weighted by molar-refractivity contribution is 0.535. The fraction of sp³-hybridized carbons (Fsp3) is 0. The molecule has 0 bridgehead atoms. The van der Waals surface area contributed by atoms with E-state index in [4.69, 9.17) is 5.73 Å². The van der Waals surface area contributed by atoms with Gasteiger partial charge in [-0.1, -0.05) is 0 Å². The average molecular weight is 264 g/mol. The molecule has 1 aromatic carbocycles. The van der Waals surface area contributed by atoms with E-state index in [2.05, 4.69) is 9.97 Å². The van der Waals surface area contributed by atoms with Gasteiger partial charge < -0.3 is 5.73 Å². The van der Waals surface area contributed by atoms with Crippen molar-refractivity contribution in [3.05, 3.63) is 47.9 Å². The highest BCUT2D eigenvalue weighted by atomic mass is 19.1. The van der Waals surface area contributed by atoms with Gasteiger partial charge in [0.1, 0.15) is 17.0 Å². The Morgan fingerprint density at radius 3 is 2.47 bits per heavy atom. The summed E-state index contributed by atoms with van der Waals surface area (Å²) in [4.78, 5) is 7.92. The van der Waals surface area contributed by atoms with Crippen molar-refractivity contribution in [2.45, 2.75) is 0 Å². The number of benzene rings is 1. The van der Waals surface area contributed by atoms with Crippen LogP contribution in [-0.2, 0) is 0 Å². The zero-order chi connectivity index (χ0) is 13.6. The van der Waals surface area contributed by atoms with Crippen LogP contribution in [-0.4, -0.2) is 14.5 Å². The first-order valence-electron chi connectivity index (χ1n) is 5.32. The van der Waals surface area contributed by atoms with Gasteiger partial charge in [-0.15, -0.1) is 0 Å². The fourth-order valence-corrected chi connectivity index (χ4v) is 1.90. The Hall–Kier alpha value is -2.57. The first kappa shape index (κ1) is 11.5. The molecule has 2 aromatic heterocycles. The molecule has 0 spiro atoms. The summed E-state index contributed by atoms with van der Waals surface area (Å²) in [6, 6.07) is 4.38. The number of pyridine rings is 1. The Morgan fingerprint density at radius 1 is 1.11 bits per heavy atom. The largest absolute Gasteiger partial charge is 0.369 e. The summed E-state index contributed by atoms with van der Waals surface area (Å²) in [7, 11) is 0. The number of imidazole rings is 1. The van der Waals surface area contributed by atoms with Gasteiger partial charge >= 0.3 is 0 Å². The second kappa shape index (κ2) is 3.98. The van der Waals surface area contributed by atoms with Crippen LogP contribution in [0.1, 0.15) is 0 Å². The van der Waals surface area contributed by atoms with Gasteiger partial charge in [-0.05, 0) is 12.1 Å². The summed E-state index contributed by atoms with van der Waals surface area (Å²) in [5.41, 5.74) is 5.74. The topological polar surface area (TPSA) is 56.7 Å². The Labute approximate surface area is 105 Å². The zero-order valence-corrected chi connectivity index (χ0v) is 9.44. The molecule has 0 radical (unpaired) electrons. The molecule has 19 heavy (non-hydrogen) atoms. The molecule has 0 aliphatic heterocycles. The number of anilines is 1. The van der Waals surface area contributed by atoms with Gasteiger partial charge in [0.05, 0.1) is 0 Å². The molecule has 2 heterocycles. The summed E-state index contributed by atoms with van der Waals surface area (Å²) in [6.07, 6.45) is 1.44. The number of aromatic nitrogens is 3. The summed E-state index contributed by atoms with van der Waals surface area (Å²) >= 11 is 0. The number of fused-ring (bicyclic) bond motifs is 1. The van der Waals surface area contributed by atoms with Crippen LogP contribution in [0.5, 0.6) is 0 Å². The summed E-state index contributed by atoms with van der Waals surface area (Å²) in [5.74, 6) is -3.28. The van der Waals surface area contributed by atoms with Gasteiger partial charge in [-0.3, -0.25) is 4.57 Å². The highest BCUT2D eigenvalue weighted by Gasteiger charge is 2.19. The van der Waals surface area contributed by atoms with Crippen LogP contribution >= 0.6 is 0 Å². The molecule has 0 saturated carbocycles. The third-order valence-corrected chi connectivity index (χ3v) is 2.65. The monoisotopic (exact) mass is 264 g/mol. The molecular weight excluding hydrogens is 257 g/mol. The minimum atomic E-state index is -1.07. The second-order valence-corrected chi connectivity index (χ2v) is 3.87. The van der Waals surface area contributed by atoms with Crippen molar-refractivity contribution >= 4 is 17.1 Å². The summed E-state index contributed by atoms with van der Waals surface area (Å²) in [6.45, 7) is 0. The van der Waals surface area contributed by atoms with Crippen molar-refractivity contribution < 1.29 is 13.2 Å².